The highest BCUT2D eigenvalue weighted by atomic mass is 35.5. The third-order valence-electron chi connectivity index (χ3n) is 2.24. The van der Waals surface area contributed by atoms with Gasteiger partial charge in [0.25, 0.3) is 0 Å². The summed E-state index contributed by atoms with van der Waals surface area (Å²) in [5.41, 5.74) is 0.880. The van der Waals surface area contributed by atoms with E-state index >= 15 is 0 Å². The molecule has 0 heterocycles. The standard InChI is InChI=1S/C9H11NO2S.ClH/c10-13(11,12)9-4-2-1-3-8(9)7-5-6-7;/h1-4,7H,5-6H2,(H2,10,11,12);1H. The molecule has 0 saturated heterocycles. The van der Waals surface area contributed by atoms with Crippen molar-refractivity contribution in [1.82, 2.24) is 0 Å². The van der Waals surface area contributed by atoms with Crippen LogP contribution in [0, 0.1) is 0 Å². The summed E-state index contributed by atoms with van der Waals surface area (Å²) in [6, 6.07) is 6.97. The van der Waals surface area contributed by atoms with Crippen LogP contribution in [-0.4, -0.2) is 8.42 Å². The van der Waals surface area contributed by atoms with E-state index in [4.69, 9.17) is 5.14 Å². The van der Waals surface area contributed by atoms with Crippen molar-refractivity contribution < 1.29 is 8.42 Å². The number of nitrogens with two attached hydrogens (primary N) is 1. The predicted octanol–water partition coefficient (Wildman–Crippen LogP) is 1.63. The minimum Gasteiger partial charge on any atom is -0.225 e. The van der Waals surface area contributed by atoms with Gasteiger partial charge in [-0.25, -0.2) is 13.6 Å². The monoisotopic (exact) mass is 233 g/mol. The molecule has 0 aromatic heterocycles. The lowest BCUT2D eigenvalue weighted by Crippen LogP contribution is -2.14. The molecule has 0 amide bonds. The molecular weight excluding hydrogens is 222 g/mol. The van der Waals surface area contributed by atoms with E-state index in [1.54, 1.807) is 12.1 Å². The van der Waals surface area contributed by atoms with Crippen LogP contribution in [0.5, 0.6) is 0 Å². The molecule has 0 radical (unpaired) electrons. The fourth-order valence-electron chi connectivity index (χ4n) is 1.47. The van der Waals surface area contributed by atoms with Crippen LogP contribution in [0.15, 0.2) is 29.2 Å². The maximum Gasteiger partial charge on any atom is 0.238 e. The van der Waals surface area contributed by atoms with E-state index in [2.05, 4.69) is 0 Å². The lowest BCUT2D eigenvalue weighted by atomic mass is 10.1. The van der Waals surface area contributed by atoms with E-state index in [9.17, 15) is 8.42 Å². The summed E-state index contributed by atoms with van der Waals surface area (Å²) < 4.78 is 22.3. The number of halogens is 1. The highest BCUT2D eigenvalue weighted by molar-refractivity contribution is 7.89. The fraction of sp³-hybridized carbons (Fsp3) is 0.333. The number of rotatable bonds is 2. The lowest BCUT2D eigenvalue weighted by molar-refractivity contribution is 0.596. The molecule has 1 aromatic rings. The van der Waals surface area contributed by atoms with Gasteiger partial charge in [0.05, 0.1) is 4.90 Å². The average molecular weight is 234 g/mol. The number of hydrogen-bond acceptors (Lipinski definition) is 2. The maximum absolute atomic E-state index is 11.2. The SMILES string of the molecule is Cl.NS(=O)(=O)c1ccccc1C1CC1. The summed E-state index contributed by atoms with van der Waals surface area (Å²) in [5, 5.41) is 5.10. The van der Waals surface area contributed by atoms with Gasteiger partial charge in [-0.2, -0.15) is 0 Å². The van der Waals surface area contributed by atoms with Gasteiger partial charge in [0.15, 0.2) is 0 Å². The Morgan fingerprint density at radius 2 is 1.79 bits per heavy atom. The second kappa shape index (κ2) is 3.88. The van der Waals surface area contributed by atoms with Crippen LogP contribution in [0.4, 0.5) is 0 Å². The van der Waals surface area contributed by atoms with Crippen LogP contribution in [0.1, 0.15) is 24.3 Å². The highest BCUT2D eigenvalue weighted by Crippen LogP contribution is 2.42. The molecule has 5 heteroatoms. The van der Waals surface area contributed by atoms with Crippen LogP contribution >= 0.6 is 12.4 Å². The fourth-order valence-corrected chi connectivity index (χ4v) is 2.30. The Labute approximate surface area is 89.8 Å². The van der Waals surface area contributed by atoms with E-state index in [-0.39, 0.29) is 17.3 Å². The van der Waals surface area contributed by atoms with Crippen LogP contribution < -0.4 is 5.14 Å². The summed E-state index contributed by atoms with van der Waals surface area (Å²) in [5.74, 6) is 0.412. The summed E-state index contributed by atoms with van der Waals surface area (Å²) in [4.78, 5) is 0.289. The zero-order valence-electron chi connectivity index (χ0n) is 7.51. The molecule has 2 N–H and O–H groups in total. The van der Waals surface area contributed by atoms with Gasteiger partial charge in [0.1, 0.15) is 0 Å². The van der Waals surface area contributed by atoms with E-state index in [0.29, 0.717) is 5.92 Å². The molecular formula is C9H12ClNO2S. The van der Waals surface area contributed by atoms with E-state index in [1.807, 2.05) is 12.1 Å². The molecule has 78 valence electrons. The molecule has 3 nitrogen and oxygen atoms in total. The van der Waals surface area contributed by atoms with Gasteiger partial charge in [-0.05, 0) is 30.4 Å². The van der Waals surface area contributed by atoms with E-state index in [0.717, 1.165) is 18.4 Å². The van der Waals surface area contributed by atoms with Gasteiger partial charge in [-0.1, -0.05) is 18.2 Å². The molecule has 14 heavy (non-hydrogen) atoms. The van der Waals surface area contributed by atoms with Crippen LogP contribution in [-0.2, 0) is 10.0 Å². The first kappa shape index (κ1) is 11.5. The third kappa shape index (κ3) is 2.26. The van der Waals surface area contributed by atoms with Crippen molar-refractivity contribution in [3.63, 3.8) is 0 Å². The molecule has 1 saturated carbocycles. The third-order valence-corrected chi connectivity index (χ3v) is 3.23. The molecule has 0 atom stereocenters. The number of primary sulfonamides is 1. The van der Waals surface area contributed by atoms with Crippen molar-refractivity contribution in [2.75, 3.05) is 0 Å². The molecule has 1 fully saturated rings. The number of hydrogen-bond donors (Lipinski definition) is 1. The molecule has 0 bridgehead atoms. The molecule has 0 aliphatic heterocycles. The van der Waals surface area contributed by atoms with Crippen LogP contribution in [0.3, 0.4) is 0 Å². The first-order valence-corrected chi connectivity index (χ1v) is 5.75. The highest BCUT2D eigenvalue weighted by Gasteiger charge is 2.28. The molecule has 0 spiro atoms. The Bertz CT molecular complexity index is 426. The Balaban J connectivity index is 0.000000980. The number of sulfonamides is 1. The predicted molar refractivity (Wildman–Crippen MR) is 57.0 cm³/mol. The van der Waals surface area contributed by atoms with Crippen molar-refractivity contribution in [2.45, 2.75) is 23.7 Å². The zero-order valence-corrected chi connectivity index (χ0v) is 9.14. The minimum absolute atomic E-state index is 0. The first-order valence-electron chi connectivity index (χ1n) is 4.21. The molecule has 0 unspecified atom stereocenters. The largest absolute Gasteiger partial charge is 0.238 e. The summed E-state index contributed by atoms with van der Waals surface area (Å²) >= 11 is 0. The van der Waals surface area contributed by atoms with Crippen molar-refractivity contribution in [3.05, 3.63) is 29.8 Å². The van der Waals surface area contributed by atoms with Crippen molar-refractivity contribution in [2.24, 2.45) is 5.14 Å². The maximum atomic E-state index is 11.2. The first-order chi connectivity index (χ1) is 6.09. The molecule has 1 aliphatic carbocycles. The van der Waals surface area contributed by atoms with Gasteiger partial charge >= 0.3 is 0 Å². The molecule has 1 aliphatic rings. The van der Waals surface area contributed by atoms with Gasteiger partial charge < -0.3 is 0 Å². The average Bonchev–Trinajstić information content (AvgIpc) is 2.85. The second-order valence-electron chi connectivity index (χ2n) is 3.36. The van der Waals surface area contributed by atoms with Crippen molar-refractivity contribution >= 4 is 22.4 Å². The van der Waals surface area contributed by atoms with E-state index in [1.165, 1.54) is 0 Å². The van der Waals surface area contributed by atoms with Crippen LogP contribution in [0.2, 0.25) is 0 Å². The Morgan fingerprint density at radius 1 is 1.21 bits per heavy atom. The van der Waals surface area contributed by atoms with Gasteiger partial charge in [0, 0.05) is 0 Å². The number of benzene rings is 1. The minimum atomic E-state index is -3.54. The van der Waals surface area contributed by atoms with Crippen LogP contribution in [0.25, 0.3) is 0 Å². The molecule has 1 aromatic carbocycles. The van der Waals surface area contributed by atoms with E-state index < -0.39 is 10.0 Å². The quantitative estimate of drug-likeness (QED) is 0.844. The van der Waals surface area contributed by atoms with Crippen molar-refractivity contribution in [3.8, 4) is 0 Å². The summed E-state index contributed by atoms with van der Waals surface area (Å²) in [6.45, 7) is 0. The van der Waals surface area contributed by atoms with Gasteiger partial charge in [-0.3, -0.25) is 0 Å². The normalized spacial score (nSPS) is 16.1. The summed E-state index contributed by atoms with van der Waals surface area (Å²) in [7, 11) is -3.54. The second-order valence-corrected chi connectivity index (χ2v) is 4.89. The van der Waals surface area contributed by atoms with Crippen molar-refractivity contribution in [1.29, 1.82) is 0 Å². The Kier molecular flexibility index (Phi) is 3.19. The molecule has 2 rings (SSSR count). The zero-order chi connectivity index (χ0) is 9.47. The Morgan fingerprint density at radius 3 is 2.29 bits per heavy atom. The Hall–Kier alpha value is -0.580. The lowest BCUT2D eigenvalue weighted by Gasteiger charge is -2.04. The van der Waals surface area contributed by atoms with Gasteiger partial charge in [0.2, 0.25) is 10.0 Å². The topological polar surface area (TPSA) is 60.2 Å². The summed E-state index contributed by atoms with van der Waals surface area (Å²) in [6.07, 6.45) is 2.15. The van der Waals surface area contributed by atoms with Gasteiger partial charge in [-0.15, -0.1) is 12.4 Å². The smallest absolute Gasteiger partial charge is 0.225 e.